The lowest BCUT2D eigenvalue weighted by atomic mass is 10.1. The second-order valence-corrected chi connectivity index (χ2v) is 7.51. The Morgan fingerprint density at radius 1 is 1.06 bits per heavy atom. The van der Waals surface area contributed by atoms with Crippen molar-refractivity contribution in [1.82, 2.24) is 9.38 Å². The van der Waals surface area contributed by atoms with Crippen molar-refractivity contribution in [2.75, 3.05) is 16.8 Å². The van der Waals surface area contributed by atoms with Gasteiger partial charge in [0.25, 0.3) is 0 Å². The fourth-order valence-corrected chi connectivity index (χ4v) is 3.89. The van der Waals surface area contributed by atoms with Crippen molar-refractivity contribution in [3.8, 4) is 11.3 Å². The largest absolute Gasteiger partial charge is 0.325 e. The number of aromatic nitrogens is 2. The number of para-hydroxylation sites is 1. The maximum atomic E-state index is 13.5. The standard InChI is InChI=1S/C24H19FN4O2/c25-17-6-5-7-18(13-17)29-14-16(12-23(29)30)24(31)27-20-9-2-1-8-19(20)21-15-28-11-4-3-10-22(28)26-21/h1-11,13,15-16H,12,14H2,(H,27,31). The highest BCUT2D eigenvalue weighted by Crippen LogP contribution is 2.30. The number of halogens is 1. The van der Waals surface area contributed by atoms with Gasteiger partial charge in [0.2, 0.25) is 11.8 Å². The maximum absolute atomic E-state index is 13.5. The minimum atomic E-state index is -0.523. The molecule has 5 rings (SSSR count). The Hall–Kier alpha value is -4.00. The van der Waals surface area contributed by atoms with Crippen LogP contribution >= 0.6 is 0 Å². The molecule has 154 valence electrons. The molecule has 0 saturated carbocycles. The molecule has 0 spiro atoms. The van der Waals surface area contributed by atoms with Crippen LogP contribution in [0, 0.1) is 11.7 Å². The van der Waals surface area contributed by atoms with Crippen LogP contribution < -0.4 is 10.2 Å². The molecule has 2 amide bonds. The molecule has 1 fully saturated rings. The van der Waals surface area contributed by atoms with E-state index in [9.17, 15) is 14.0 Å². The van der Waals surface area contributed by atoms with Crippen molar-refractivity contribution >= 4 is 28.8 Å². The third kappa shape index (κ3) is 3.66. The summed E-state index contributed by atoms with van der Waals surface area (Å²) in [5.74, 6) is -1.38. The van der Waals surface area contributed by atoms with Gasteiger partial charge in [-0.05, 0) is 36.4 Å². The average molecular weight is 414 g/mol. The molecule has 31 heavy (non-hydrogen) atoms. The van der Waals surface area contributed by atoms with Crippen LogP contribution in [0.4, 0.5) is 15.8 Å². The van der Waals surface area contributed by atoms with E-state index < -0.39 is 11.7 Å². The SMILES string of the molecule is O=C(Nc1ccccc1-c1cn2ccccc2n1)C1CC(=O)N(c2cccc(F)c2)C1. The van der Waals surface area contributed by atoms with Crippen LogP contribution in [0.1, 0.15) is 6.42 Å². The summed E-state index contributed by atoms with van der Waals surface area (Å²) >= 11 is 0. The molecular formula is C24H19FN4O2. The summed E-state index contributed by atoms with van der Waals surface area (Å²) in [6.45, 7) is 0.213. The van der Waals surface area contributed by atoms with Crippen molar-refractivity contribution in [1.29, 1.82) is 0 Å². The fraction of sp³-hybridized carbons (Fsp3) is 0.125. The quantitative estimate of drug-likeness (QED) is 0.546. The predicted molar refractivity (Wildman–Crippen MR) is 116 cm³/mol. The van der Waals surface area contributed by atoms with Gasteiger partial charge in [0.05, 0.1) is 17.3 Å². The van der Waals surface area contributed by atoms with Crippen molar-refractivity contribution in [2.45, 2.75) is 6.42 Å². The minimum absolute atomic E-state index is 0.0822. The first-order valence-corrected chi connectivity index (χ1v) is 9.98. The normalized spacial score (nSPS) is 16.1. The second-order valence-electron chi connectivity index (χ2n) is 7.51. The van der Waals surface area contributed by atoms with E-state index >= 15 is 0 Å². The summed E-state index contributed by atoms with van der Waals surface area (Å²) in [7, 11) is 0. The molecule has 0 radical (unpaired) electrons. The Labute approximate surface area is 178 Å². The number of hydrogen-bond acceptors (Lipinski definition) is 3. The number of imidazole rings is 1. The second kappa shape index (κ2) is 7.68. The lowest BCUT2D eigenvalue weighted by molar-refractivity contribution is -0.122. The Balaban J connectivity index is 1.37. The van der Waals surface area contributed by atoms with Gasteiger partial charge in [0.15, 0.2) is 0 Å². The van der Waals surface area contributed by atoms with Gasteiger partial charge in [-0.2, -0.15) is 0 Å². The Kier molecular flexibility index (Phi) is 4.71. The molecule has 0 aliphatic carbocycles. The predicted octanol–water partition coefficient (Wildman–Crippen LogP) is 4.13. The van der Waals surface area contributed by atoms with Crippen LogP contribution in [-0.2, 0) is 9.59 Å². The van der Waals surface area contributed by atoms with Crippen LogP contribution in [0.3, 0.4) is 0 Å². The zero-order valence-electron chi connectivity index (χ0n) is 16.5. The number of rotatable bonds is 4. The third-order valence-electron chi connectivity index (χ3n) is 5.44. The van der Waals surface area contributed by atoms with E-state index in [2.05, 4.69) is 10.3 Å². The van der Waals surface area contributed by atoms with E-state index in [0.717, 1.165) is 16.9 Å². The van der Waals surface area contributed by atoms with Gasteiger partial charge in [-0.3, -0.25) is 9.59 Å². The van der Waals surface area contributed by atoms with Gasteiger partial charge < -0.3 is 14.6 Å². The maximum Gasteiger partial charge on any atom is 0.229 e. The number of anilines is 2. The summed E-state index contributed by atoms with van der Waals surface area (Å²) < 4.78 is 15.5. The molecule has 1 aliphatic heterocycles. The number of pyridine rings is 1. The van der Waals surface area contributed by atoms with Gasteiger partial charge in [0.1, 0.15) is 11.5 Å². The van der Waals surface area contributed by atoms with Crippen molar-refractivity contribution in [3.63, 3.8) is 0 Å². The van der Waals surface area contributed by atoms with Crippen molar-refractivity contribution < 1.29 is 14.0 Å². The summed E-state index contributed by atoms with van der Waals surface area (Å²) in [6, 6.07) is 19.0. The minimum Gasteiger partial charge on any atom is -0.325 e. The molecule has 6 nitrogen and oxygen atoms in total. The zero-order valence-corrected chi connectivity index (χ0v) is 16.5. The molecule has 1 saturated heterocycles. The van der Waals surface area contributed by atoms with E-state index in [-0.39, 0.29) is 24.8 Å². The molecule has 2 aromatic carbocycles. The van der Waals surface area contributed by atoms with E-state index in [4.69, 9.17) is 0 Å². The molecule has 1 atom stereocenters. The Morgan fingerprint density at radius 3 is 2.74 bits per heavy atom. The first-order valence-electron chi connectivity index (χ1n) is 9.98. The van der Waals surface area contributed by atoms with Gasteiger partial charge in [0, 0.05) is 36.6 Å². The third-order valence-corrected chi connectivity index (χ3v) is 5.44. The van der Waals surface area contributed by atoms with E-state index in [1.54, 1.807) is 12.1 Å². The summed E-state index contributed by atoms with van der Waals surface area (Å²) in [4.78, 5) is 31.5. The number of carbonyl (C=O) groups excluding carboxylic acids is 2. The average Bonchev–Trinajstić information content (AvgIpc) is 3.38. The van der Waals surface area contributed by atoms with Crippen molar-refractivity contribution in [2.24, 2.45) is 5.92 Å². The molecule has 1 unspecified atom stereocenters. The number of hydrogen-bond donors (Lipinski definition) is 1. The van der Waals surface area contributed by atoms with E-state index in [1.807, 2.05) is 59.3 Å². The van der Waals surface area contributed by atoms with Crippen LogP contribution in [0.15, 0.2) is 79.1 Å². The molecule has 2 aromatic heterocycles. The topological polar surface area (TPSA) is 66.7 Å². The van der Waals surface area contributed by atoms with Gasteiger partial charge in [-0.15, -0.1) is 0 Å². The molecule has 3 heterocycles. The smallest absolute Gasteiger partial charge is 0.229 e. The van der Waals surface area contributed by atoms with Gasteiger partial charge in [-0.1, -0.05) is 30.3 Å². The number of amides is 2. The van der Waals surface area contributed by atoms with E-state index in [1.165, 1.54) is 17.0 Å². The molecule has 4 aromatic rings. The molecular weight excluding hydrogens is 395 g/mol. The number of nitrogens with zero attached hydrogens (tertiary/aromatic N) is 3. The summed E-state index contributed by atoms with van der Waals surface area (Å²) in [6.07, 6.45) is 3.90. The number of nitrogens with one attached hydrogen (secondary N) is 1. The zero-order chi connectivity index (χ0) is 21.4. The fourth-order valence-electron chi connectivity index (χ4n) is 3.89. The first-order chi connectivity index (χ1) is 15.1. The van der Waals surface area contributed by atoms with Crippen LogP contribution in [0.2, 0.25) is 0 Å². The number of fused-ring (bicyclic) bond motifs is 1. The van der Waals surface area contributed by atoms with Crippen LogP contribution in [0.5, 0.6) is 0 Å². The van der Waals surface area contributed by atoms with E-state index in [0.29, 0.717) is 11.4 Å². The molecule has 1 N–H and O–H groups in total. The molecule has 0 bridgehead atoms. The Morgan fingerprint density at radius 2 is 1.90 bits per heavy atom. The highest BCUT2D eigenvalue weighted by Gasteiger charge is 2.35. The molecule has 1 aliphatic rings. The Bertz CT molecular complexity index is 1270. The first kappa shape index (κ1) is 19.0. The monoisotopic (exact) mass is 414 g/mol. The highest BCUT2D eigenvalue weighted by molar-refractivity contribution is 6.04. The number of carbonyl (C=O) groups is 2. The highest BCUT2D eigenvalue weighted by atomic mass is 19.1. The summed E-state index contributed by atoms with van der Waals surface area (Å²) in [5.41, 5.74) is 3.44. The van der Waals surface area contributed by atoms with Gasteiger partial charge >= 0.3 is 0 Å². The van der Waals surface area contributed by atoms with Crippen LogP contribution in [0.25, 0.3) is 16.9 Å². The van der Waals surface area contributed by atoms with Crippen molar-refractivity contribution in [3.05, 3.63) is 84.9 Å². The lowest BCUT2D eigenvalue weighted by Crippen LogP contribution is -2.28. The molecule has 7 heteroatoms. The van der Waals surface area contributed by atoms with Gasteiger partial charge in [-0.25, -0.2) is 9.37 Å². The lowest BCUT2D eigenvalue weighted by Gasteiger charge is -2.17. The number of benzene rings is 2. The van der Waals surface area contributed by atoms with Crippen LogP contribution in [-0.4, -0.2) is 27.7 Å². The summed E-state index contributed by atoms with van der Waals surface area (Å²) in [5, 5.41) is 2.96.